The van der Waals surface area contributed by atoms with Crippen LogP contribution in [0.25, 0.3) is 11.3 Å². The van der Waals surface area contributed by atoms with Gasteiger partial charge in [-0.1, -0.05) is 84.9 Å². The second-order valence-corrected chi connectivity index (χ2v) is 14.0. The van der Waals surface area contributed by atoms with Gasteiger partial charge in [0.1, 0.15) is 17.6 Å². The molecule has 0 bridgehead atoms. The van der Waals surface area contributed by atoms with Crippen LogP contribution in [0.5, 0.6) is 5.75 Å². The summed E-state index contributed by atoms with van der Waals surface area (Å²) < 4.78 is 29.0. The van der Waals surface area contributed by atoms with E-state index in [4.69, 9.17) is 22.7 Å². The fraction of sp³-hybridized carbons (Fsp3) is 0.250. The van der Waals surface area contributed by atoms with Crippen molar-refractivity contribution in [2.24, 2.45) is 0 Å². The van der Waals surface area contributed by atoms with Crippen molar-refractivity contribution < 1.29 is 42.3 Å². The zero-order chi connectivity index (χ0) is 36.2. The van der Waals surface area contributed by atoms with E-state index in [1.807, 2.05) is 36.4 Å². The average Bonchev–Trinajstić information content (AvgIpc) is 3.65. The van der Waals surface area contributed by atoms with E-state index in [0.29, 0.717) is 34.9 Å². The number of nitrogens with one attached hydrogen (secondary N) is 1. The molecule has 271 valence electrons. The van der Waals surface area contributed by atoms with Crippen molar-refractivity contribution in [3.8, 4) is 17.1 Å². The molecule has 1 radical (unpaired) electrons. The first-order valence-corrected chi connectivity index (χ1v) is 18.7. The van der Waals surface area contributed by atoms with Crippen molar-refractivity contribution in [2.45, 2.75) is 51.5 Å². The van der Waals surface area contributed by atoms with E-state index in [2.05, 4.69) is 29.6 Å². The minimum atomic E-state index is -3.93. The Morgan fingerprint density at radius 1 is 0.808 bits per heavy atom. The lowest BCUT2D eigenvalue weighted by Gasteiger charge is -2.32. The van der Waals surface area contributed by atoms with Gasteiger partial charge in [-0.25, -0.2) is 4.79 Å². The monoisotopic (exact) mass is 725 g/mol. The van der Waals surface area contributed by atoms with Gasteiger partial charge >= 0.3 is 14.3 Å². The van der Waals surface area contributed by atoms with Crippen molar-refractivity contribution >= 4 is 25.9 Å². The number of amides is 2. The molecule has 0 aliphatic carbocycles. The van der Waals surface area contributed by atoms with Crippen LogP contribution in [0, 0.1) is 0 Å². The molecule has 1 aliphatic heterocycles. The Labute approximate surface area is 303 Å². The number of unbranched alkanes of at least 4 members (excludes halogenated alkanes) is 2. The van der Waals surface area contributed by atoms with E-state index in [1.54, 1.807) is 60.9 Å². The lowest BCUT2D eigenvalue weighted by Crippen LogP contribution is -2.49. The number of furan rings is 1. The molecule has 5 aromatic rings. The number of benzene rings is 4. The van der Waals surface area contributed by atoms with Gasteiger partial charge in [-0.05, 0) is 78.3 Å². The van der Waals surface area contributed by atoms with Gasteiger partial charge in [-0.2, -0.15) is 0 Å². The molecule has 6 rings (SSSR count). The van der Waals surface area contributed by atoms with Gasteiger partial charge in [0, 0.05) is 12.2 Å². The third-order valence-electron chi connectivity index (χ3n) is 8.64. The van der Waals surface area contributed by atoms with Crippen molar-refractivity contribution in [1.82, 2.24) is 4.90 Å². The number of hydrogen-bond acceptors (Lipinski definition) is 8. The first-order chi connectivity index (χ1) is 25.4. The van der Waals surface area contributed by atoms with E-state index in [-0.39, 0.29) is 19.8 Å². The van der Waals surface area contributed by atoms with Crippen LogP contribution >= 0.6 is 8.17 Å². The van der Waals surface area contributed by atoms with Crippen LogP contribution in [-0.4, -0.2) is 46.2 Å². The molecule has 1 atom stereocenters. The van der Waals surface area contributed by atoms with Gasteiger partial charge in [-0.15, -0.1) is 0 Å². The predicted octanol–water partition coefficient (Wildman–Crippen LogP) is 8.66. The fourth-order valence-corrected chi connectivity index (χ4v) is 6.99. The molecule has 1 aromatic heterocycles. The number of carbonyl (C=O) groups is 2. The molecule has 0 saturated heterocycles. The van der Waals surface area contributed by atoms with Crippen LogP contribution in [0.1, 0.15) is 41.5 Å². The maximum atomic E-state index is 14.0. The van der Waals surface area contributed by atoms with Gasteiger partial charge in [-0.3, -0.25) is 23.3 Å². The second kappa shape index (κ2) is 17.9. The Hall–Kier alpha value is -5.03. The van der Waals surface area contributed by atoms with E-state index >= 15 is 0 Å². The topological polar surface area (TPSA) is 140 Å². The molecule has 52 heavy (non-hydrogen) atoms. The van der Waals surface area contributed by atoms with Gasteiger partial charge < -0.3 is 24.5 Å². The number of hydrogen-bond donors (Lipinski definition) is 3. The minimum Gasteiger partial charge on any atom is -0.493 e. The number of nitrogens with zero attached hydrogens (tertiary/aromatic N) is 1. The quantitative estimate of drug-likeness (QED) is 0.0674. The van der Waals surface area contributed by atoms with Crippen molar-refractivity contribution in [3.63, 3.8) is 0 Å². The van der Waals surface area contributed by atoms with E-state index < -0.39 is 32.8 Å². The summed E-state index contributed by atoms with van der Waals surface area (Å²) in [5.41, 5.74) is 4.64. The molecule has 3 N–H and O–H groups in total. The second-order valence-electron chi connectivity index (χ2n) is 12.3. The molecule has 1 unspecified atom stereocenters. The number of aryl methyl sites for hydroxylation is 1. The summed E-state index contributed by atoms with van der Waals surface area (Å²) in [5.74, 6) is 0.449. The number of fused-ring (bicyclic) bond motifs is 1. The van der Waals surface area contributed by atoms with Crippen LogP contribution < -0.4 is 10.1 Å². The van der Waals surface area contributed by atoms with Crippen molar-refractivity contribution in [3.05, 3.63) is 144 Å². The number of carboxylic acid groups (broad SMARTS) is 1. The smallest absolute Gasteiger partial charge is 0.408 e. The number of ether oxygens (including phenoxy) is 1. The summed E-state index contributed by atoms with van der Waals surface area (Å²) in [6.07, 6.45) is 4.14. The molecule has 0 spiro atoms. The Morgan fingerprint density at radius 2 is 1.48 bits per heavy atom. The number of anilines is 1. The summed E-state index contributed by atoms with van der Waals surface area (Å²) in [7, 11) is -3.93. The van der Waals surface area contributed by atoms with Gasteiger partial charge in [0.25, 0.3) is 0 Å². The molecular formula is C40H42N2O9P. The maximum Gasteiger partial charge on any atom is 0.408 e. The highest BCUT2D eigenvalue weighted by molar-refractivity contribution is 7.55. The summed E-state index contributed by atoms with van der Waals surface area (Å²) in [6.45, 7) is -0.0925. The molecule has 2 amide bonds. The summed E-state index contributed by atoms with van der Waals surface area (Å²) in [5, 5.41) is 13.2. The van der Waals surface area contributed by atoms with Crippen molar-refractivity contribution in [2.75, 3.05) is 18.5 Å². The van der Waals surface area contributed by atoms with Gasteiger partial charge in [0.2, 0.25) is 5.91 Å². The third-order valence-corrected chi connectivity index (χ3v) is 10.0. The normalized spacial score (nSPS) is 14.1. The Bertz CT molecular complexity index is 1860. The minimum absolute atomic E-state index is 0.0294. The Kier molecular flexibility index (Phi) is 12.7. The largest absolute Gasteiger partial charge is 0.493 e. The van der Waals surface area contributed by atoms with Crippen LogP contribution in [0.3, 0.4) is 0 Å². The highest BCUT2D eigenvalue weighted by Gasteiger charge is 2.38. The molecule has 0 fully saturated rings. The summed E-state index contributed by atoms with van der Waals surface area (Å²) in [4.78, 5) is 38.9. The number of carbonyl (C=O) groups excluding carboxylic acids is 1. The predicted molar refractivity (Wildman–Crippen MR) is 197 cm³/mol. The van der Waals surface area contributed by atoms with Gasteiger partial charge in [0.15, 0.2) is 0 Å². The maximum absolute atomic E-state index is 14.0. The van der Waals surface area contributed by atoms with Crippen LogP contribution in [0.2, 0.25) is 0 Å². The standard InChI is InChI=1S/C40H42N2O9P/c43-39(41-34-21-22-38(35(25-34)37-20-12-24-48-37)47-23-11-3-8-15-30-13-4-1-5-14-30)36(42(40(44)45)26-31-16-6-2-7-17-31)29-51-52(46)49-27-32-18-9-10-19-33(32)28-50-52/h1-2,4-7,9-10,12-14,16-22,24-25,36,46H,3,8,11,15,23,26-29H2,(H,41,43)(H,44,45). The van der Waals surface area contributed by atoms with Crippen LogP contribution in [0.4, 0.5) is 10.5 Å². The first kappa shape index (κ1) is 36.8. The zero-order valence-corrected chi connectivity index (χ0v) is 29.5. The lowest BCUT2D eigenvalue weighted by molar-refractivity contribution is -0.122. The molecule has 4 aromatic carbocycles. The van der Waals surface area contributed by atoms with Crippen molar-refractivity contribution in [1.29, 1.82) is 0 Å². The zero-order valence-electron chi connectivity index (χ0n) is 28.6. The van der Waals surface area contributed by atoms with Crippen LogP contribution in [0.15, 0.2) is 126 Å². The SMILES string of the molecule is O=C(Nc1ccc(OCCCCCc2ccccc2)c(-c2ccco2)c1)C(CO[P]1(O)OCc2ccccc2CO1)N(Cc1ccccc1)C(=O)O. The molecule has 12 heteroatoms. The third kappa shape index (κ3) is 10.1. The molecule has 0 saturated carbocycles. The molecule has 2 heterocycles. The first-order valence-electron chi connectivity index (χ1n) is 17.2. The number of rotatable bonds is 16. The van der Waals surface area contributed by atoms with E-state index in [1.165, 1.54) is 5.56 Å². The van der Waals surface area contributed by atoms with E-state index in [0.717, 1.165) is 41.7 Å². The highest BCUT2D eigenvalue weighted by atomic mass is 31.2. The molecule has 11 nitrogen and oxygen atoms in total. The van der Waals surface area contributed by atoms with Crippen LogP contribution in [-0.2, 0) is 44.5 Å². The van der Waals surface area contributed by atoms with E-state index in [9.17, 15) is 19.6 Å². The summed E-state index contributed by atoms with van der Waals surface area (Å²) in [6, 6.07) is 34.0. The summed E-state index contributed by atoms with van der Waals surface area (Å²) >= 11 is 0. The molecular weight excluding hydrogens is 683 g/mol. The Morgan fingerprint density at radius 3 is 2.13 bits per heavy atom. The molecule has 1 aliphatic rings. The highest BCUT2D eigenvalue weighted by Crippen LogP contribution is 2.60. The fourth-order valence-electron chi connectivity index (χ4n) is 5.83. The average molecular weight is 726 g/mol. The lowest BCUT2D eigenvalue weighted by atomic mass is 10.1. The Balaban J connectivity index is 1.16. The van der Waals surface area contributed by atoms with Gasteiger partial charge in [0.05, 0.1) is 38.3 Å².